The summed E-state index contributed by atoms with van der Waals surface area (Å²) in [5, 5.41) is 0.598. The van der Waals surface area contributed by atoms with Crippen LogP contribution < -0.4 is 4.90 Å². The molecule has 0 spiro atoms. The molecule has 0 radical (unpaired) electrons. The number of aryl methyl sites for hydroxylation is 2. The molecule has 0 bridgehead atoms. The summed E-state index contributed by atoms with van der Waals surface area (Å²) < 4.78 is 2.28. The van der Waals surface area contributed by atoms with Crippen molar-refractivity contribution in [1.29, 1.82) is 0 Å². The first kappa shape index (κ1) is 19.8. The lowest BCUT2D eigenvalue weighted by Crippen LogP contribution is -2.24. The molecule has 4 nitrogen and oxygen atoms in total. The van der Waals surface area contributed by atoms with Crippen LogP contribution >= 0.6 is 11.6 Å². The Morgan fingerprint density at radius 2 is 1.81 bits per heavy atom. The molecule has 4 aromatic rings. The maximum Gasteiger partial charge on any atom is 0.227 e. The monoisotopic (exact) mass is 429 g/mol. The van der Waals surface area contributed by atoms with Gasteiger partial charge in [-0.05, 0) is 49.2 Å². The molecule has 1 fully saturated rings. The number of anilines is 1. The van der Waals surface area contributed by atoms with Gasteiger partial charge in [-0.25, -0.2) is 4.98 Å². The summed E-state index contributed by atoms with van der Waals surface area (Å²) in [5.41, 5.74) is 6.61. The zero-order chi connectivity index (χ0) is 21.5. The Balaban J connectivity index is 1.56. The average molecular weight is 430 g/mol. The summed E-state index contributed by atoms with van der Waals surface area (Å²) in [4.78, 5) is 19.7. The summed E-state index contributed by atoms with van der Waals surface area (Å²) in [6.45, 7) is 5.58. The average Bonchev–Trinajstić information content (AvgIpc) is 3.32. The summed E-state index contributed by atoms with van der Waals surface area (Å²) in [5.74, 6) is 1.06. The standard InChI is InChI=1S/C26H24ClN3O/c1-17-11-12-18(2)19(13-17)15-30-24-10-6-4-8-22(24)28-26(30)20-14-25(31)29(16-20)23-9-5-3-7-21(23)27/h3-13,20H,14-16H2,1-2H3/t20-/m1/s1. The Bertz CT molecular complexity index is 1290. The highest BCUT2D eigenvalue weighted by Crippen LogP contribution is 2.36. The zero-order valence-electron chi connectivity index (χ0n) is 17.7. The number of nitrogens with zero attached hydrogens (tertiary/aromatic N) is 3. The number of aromatic nitrogens is 2. The van der Waals surface area contributed by atoms with Crippen molar-refractivity contribution >= 4 is 34.2 Å². The molecule has 1 aromatic heterocycles. The predicted octanol–water partition coefficient (Wildman–Crippen LogP) is 5.88. The molecule has 31 heavy (non-hydrogen) atoms. The first-order valence-electron chi connectivity index (χ1n) is 10.6. The van der Waals surface area contributed by atoms with E-state index < -0.39 is 0 Å². The number of hydrogen-bond donors (Lipinski definition) is 0. The van der Waals surface area contributed by atoms with Crippen molar-refractivity contribution in [1.82, 2.24) is 9.55 Å². The molecule has 0 unspecified atom stereocenters. The fourth-order valence-electron chi connectivity index (χ4n) is 4.50. The van der Waals surface area contributed by atoms with Gasteiger partial charge < -0.3 is 9.47 Å². The van der Waals surface area contributed by atoms with Gasteiger partial charge in [0.2, 0.25) is 5.91 Å². The van der Waals surface area contributed by atoms with Crippen LogP contribution in [-0.2, 0) is 11.3 Å². The normalized spacial score (nSPS) is 16.4. The molecule has 3 aromatic carbocycles. The SMILES string of the molecule is Cc1ccc(C)c(Cn2c([C@@H]3CC(=O)N(c4ccccc4Cl)C3)nc3ccccc32)c1. The number of para-hydroxylation sites is 3. The number of imidazole rings is 1. The van der Waals surface area contributed by atoms with Gasteiger partial charge in [-0.1, -0.05) is 59.6 Å². The van der Waals surface area contributed by atoms with Crippen molar-refractivity contribution in [3.63, 3.8) is 0 Å². The third kappa shape index (κ3) is 3.61. The quantitative estimate of drug-likeness (QED) is 0.406. The first-order chi connectivity index (χ1) is 15.0. The minimum absolute atomic E-state index is 0.0151. The van der Waals surface area contributed by atoms with Gasteiger partial charge in [0.15, 0.2) is 0 Å². The Morgan fingerprint density at radius 3 is 2.65 bits per heavy atom. The Hall–Kier alpha value is -3.11. The van der Waals surface area contributed by atoms with Crippen molar-refractivity contribution in [2.45, 2.75) is 32.7 Å². The van der Waals surface area contributed by atoms with Gasteiger partial charge in [0, 0.05) is 25.4 Å². The van der Waals surface area contributed by atoms with Gasteiger partial charge in [-0.2, -0.15) is 0 Å². The van der Waals surface area contributed by atoms with Crippen molar-refractivity contribution < 1.29 is 4.79 Å². The lowest BCUT2D eigenvalue weighted by Gasteiger charge is -2.19. The lowest BCUT2D eigenvalue weighted by atomic mass is 10.0. The van der Waals surface area contributed by atoms with E-state index in [9.17, 15) is 4.79 Å². The molecule has 5 heteroatoms. The van der Waals surface area contributed by atoms with E-state index in [1.165, 1.54) is 16.7 Å². The molecular weight excluding hydrogens is 406 g/mol. The number of benzene rings is 3. The third-order valence-electron chi connectivity index (χ3n) is 6.15. The summed E-state index contributed by atoms with van der Waals surface area (Å²) in [6, 6.07) is 22.3. The largest absolute Gasteiger partial charge is 0.323 e. The number of carbonyl (C=O) groups is 1. The lowest BCUT2D eigenvalue weighted by molar-refractivity contribution is -0.117. The van der Waals surface area contributed by atoms with Gasteiger partial charge in [-0.15, -0.1) is 0 Å². The number of amides is 1. The van der Waals surface area contributed by atoms with E-state index in [0.29, 0.717) is 18.0 Å². The molecule has 1 aliphatic rings. The van der Waals surface area contributed by atoms with E-state index in [2.05, 4.69) is 42.7 Å². The van der Waals surface area contributed by atoms with Crippen LogP contribution in [0.25, 0.3) is 11.0 Å². The van der Waals surface area contributed by atoms with Crippen molar-refractivity contribution in [2.24, 2.45) is 0 Å². The highest BCUT2D eigenvalue weighted by molar-refractivity contribution is 6.33. The summed E-state index contributed by atoms with van der Waals surface area (Å²) >= 11 is 6.38. The van der Waals surface area contributed by atoms with E-state index in [0.717, 1.165) is 29.1 Å². The molecule has 2 heterocycles. The smallest absolute Gasteiger partial charge is 0.227 e. The minimum Gasteiger partial charge on any atom is -0.323 e. The van der Waals surface area contributed by atoms with Crippen molar-refractivity contribution in [3.05, 3.63) is 94.3 Å². The van der Waals surface area contributed by atoms with Gasteiger partial charge in [0.25, 0.3) is 0 Å². The number of halogens is 1. The summed E-state index contributed by atoms with van der Waals surface area (Å²) in [7, 11) is 0. The van der Waals surface area contributed by atoms with Crippen LogP contribution in [0.4, 0.5) is 5.69 Å². The molecule has 0 aliphatic carbocycles. The van der Waals surface area contributed by atoms with Crippen molar-refractivity contribution in [2.75, 3.05) is 11.4 Å². The van der Waals surface area contributed by atoms with Crippen LogP contribution in [0.5, 0.6) is 0 Å². The van der Waals surface area contributed by atoms with Crippen LogP contribution in [0.3, 0.4) is 0 Å². The second-order valence-corrected chi connectivity index (χ2v) is 8.74. The number of hydrogen-bond acceptors (Lipinski definition) is 2. The van der Waals surface area contributed by atoms with Crippen LogP contribution in [0, 0.1) is 13.8 Å². The third-order valence-corrected chi connectivity index (χ3v) is 6.47. The molecule has 1 amide bonds. The van der Waals surface area contributed by atoms with Gasteiger partial charge in [0.05, 0.1) is 21.7 Å². The minimum atomic E-state index is 0.0151. The maximum atomic E-state index is 12.9. The predicted molar refractivity (Wildman–Crippen MR) is 126 cm³/mol. The van der Waals surface area contributed by atoms with E-state index in [1.54, 1.807) is 4.90 Å². The van der Waals surface area contributed by atoms with E-state index in [-0.39, 0.29) is 11.8 Å². The van der Waals surface area contributed by atoms with Gasteiger partial charge >= 0.3 is 0 Å². The van der Waals surface area contributed by atoms with Gasteiger partial charge in [0.1, 0.15) is 5.82 Å². The molecule has 1 atom stereocenters. The topological polar surface area (TPSA) is 38.1 Å². The van der Waals surface area contributed by atoms with Gasteiger partial charge in [-0.3, -0.25) is 4.79 Å². The first-order valence-corrected chi connectivity index (χ1v) is 11.0. The second-order valence-electron chi connectivity index (χ2n) is 8.33. The molecule has 5 rings (SSSR count). The van der Waals surface area contributed by atoms with Crippen molar-refractivity contribution in [3.8, 4) is 0 Å². The van der Waals surface area contributed by atoms with Crippen LogP contribution in [0.1, 0.15) is 34.9 Å². The molecule has 156 valence electrons. The molecule has 1 aliphatic heterocycles. The molecule has 1 saturated heterocycles. The zero-order valence-corrected chi connectivity index (χ0v) is 18.4. The van der Waals surface area contributed by atoms with E-state index in [1.807, 2.05) is 42.5 Å². The molecule has 0 saturated carbocycles. The van der Waals surface area contributed by atoms with Crippen LogP contribution in [0.15, 0.2) is 66.7 Å². The maximum absolute atomic E-state index is 12.9. The van der Waals surface area contributed by atoms with E-state index >= 15 is 0 Å². The summed E-state index contributed by atoms with van der Waals surface area (Å²) in [6.07, 6.45) is 0.432. The molecular formula is C26H24ClN3O. The highest BCUT2D eigenvalue weighted by atomic mass is 35.5. The number of fused-ring (bicyclic) bond motifs is 1. The fourth-order valence-corrected chi connectivity index (χ4v) is 4.73. The highest BCUT2D eigenvalue weighted by Gasteiger charge is 2.35. The van der Waals surface area contributed by atoms with Crippen LogP contribution in [-0.4, -0.2) is 22.0 Å². The van der Waals surface area contributed by atoms with Crippen LogP contribution in [0.2, 0.25) is 5.02 Å². The number of rotatable bonds is 4. The van der Waals surface area contributed by atoms with E-state index in [4.69, 9.17) is 16.6 Å². The Morgan fingerprint density at radius 1 is 1.03 bits per heavy atom. The molecule has 0 N–H and O–H groups in total. The number of carbonyl (C=O) groups excluding carboxylic acids is 1. The fraction of sp³-hybridized carbons (Fsp3) is 0.231. The Labute approximate surface area is 187 Å². The second kappa shape index (κ2) is 7.86. The Kier molecular flexibility index (Phi) is 5.03.